The predicted molar refractivity (Wildman–Crippen MR) is 97.1 cm³/mol. The fourth-order valence-electron chi connectivity index (χ4n) is 1.81. The highest BCUT2D eigenvalue weighted by atomic mass is 35.5. The van der Waals surface area contributed by atoms with E-state index in [-0.39, 0.29) is 5.91 Å². The maximum absolute atomic E-state index is 11.7. The number of hydrogen-bond acceptors (Lipinski definition) is 4. The molecule has 2 N–H and O–H groups in total. The van der Waals surface area contributed by atoms with Crippen molar-refractivity contribution in [3.8, 4) is 0 Å². The molecule has 0 aromatic heterocycles. The van der Waals surface area contributed by atoms with Gasteiger partial charge in [0.1, 0.15) is 6.04 Å². The number of rotatable bonds is 8. The first-order valence-corrected chi connectivity index (χ1v) is 8.39. The first-order valence-electron chi connectivity index (χ1n) is 8.01. The average molecular weight is 367 g/mol. The maximum atomic E-state index is 11.7. The van der Waals surface area contributed by atoms with Gasteiger partial charge in [0.25, 0.3) is 5.91 Å². The van der Waals surface area contributed by atoms with E-state index in [1.54, 1.807) is 19.1 Å². The molecule has 0 aliphatic heterocycles. The van der Waals surface area contributed by atoms with E-state index >= 15 is 0 Å². The van der Waals surface area contributed by atoms with Gasteiger partial charge in [0.15, 0.2) is 6.61 Å². The number of ether oxygens (including phenoxy) is 1. The third-order valence-electron chi connectivity index (χ3n) is 3.27. The summed E-state index contributed by atoms with van der Waals surface area (Å²) < 4.78 is 4.84. The highest BCUT2D eigenvalue weighted by Crippen LogP contribution is 2.17. The molecule has 0 spiro atoms. The van der Waals surface area contributed by atoms with Gasteiger partial charge in [-0.2, -0.15) is 0 Å². The molecule has 0 fully saturated rings. The second kappa shape index (κ2) is 10.5. The van der Waals surface area contributed by atoms with Crippen molar-refractivity contribution in [1.29, 1.82) is 0 Å². The fourth-order valence-corrected chi connectivity index (χ4v) is 2.00. The summed E-state index contributed by atoms with van der Waals surface area (Å²) in [5.74, 6) is -1.48. The Morgan fingerprint density at radius 2 is 2.04 bits per heavy atom. The Kier molecular flexibility index (Phi) is 8.70. The van der Waals surface area contributed by atoms with E-state index in [9.17, 15) is 14.4 Å². The Balaban J connectivity index is 2.39. The van der Waals surface area contributed by atoms with Crippen molar-refractivity contribution in [3.63, 3.8) is 0 Å². The quantitative estimate of drug-likeness (QED) is 0.546. The maximum Gasteiger partial charge on any atom is 0.331 e. The number of amides is 2. The van der Waals surface area contributed by atoms with Crippen molar-refractivity contribution < 1.29 is 19.1 Å². The van der Waals surface area contributed by atoms with E-state index in [1.807, 2.05) is 26.0 Å². The largest absolute Gasteiger partial charge is 0.452 e. The molecule has 0 aliphatic carbocycles. The van der Waals surface area contributed by atoms with Gasteiger partial charge < -0.3 is 15.4 Å². The van der Waals surface area contributed by atoms with Crippen molar-refractivity contribution in [2.45, 2.75) is 33.2 Å². The molecule has 1 rings (SSSR count). The molecule has 0 bridgehead atoms. The molecule has 0 aliphatic rings. The summed E-state index contributed by atoms with van der Waals surface area (Å²) >= 11 is 6.00. The van der Waals surface area contributed by atoms with E-state index < -0.39 is 24.5 Å². The summed E-state index contributed by atoms with van der Waals surface area (Å²) in [7, 11) is 0. The molecule has 25 heavy (non-hydrogen) atoms. The van der Waals surface area contributed by atoms with E-state index in [4.69, 9.17) is 16.3 Å². The van der Waals surface area contributed by atoms with Crippen molar-refractivity contribution in [2.24, 2.45) is 0 Å². The van der Waals surface area contributed by atoms with Gasteiger partial charge in [-0.15, -0.1) is 0 Å². The zero-order chi connectivity index (χ0) is 18.8. The lowest BCUT2D eigenvalue weighted by Gasteiger charge is -2.13. The Bertz CT molecular complexity index is 658. The molecule has 1 aromatic carbocycles. The standard InChI is InChI=1S/C18H23ClN2O4/c1-4-9-20-18(24)13(3)21-16(22)11-25-17(23)8-7-14-6-5-12(2)15(19)10-14/h5-8,10,13H,4,9,11H2,1-3H3,(H,20,24)(H,21,22)/b8-7+/t13-/m1/s1. The van der Waals surface area contributed by atoms with Crippen LogP contribution in [0.25, 0.3) is 6.08 Å². The second-order valence-corrected chi connectivity index (χ2v) is 5.94. The lowest BCUT2D eigenvalue weighted by atomic mass is 10.1. The lowest BCUT2D eigenvalue weighted by Crippen LogP contribution is -2.46. The number of benzene rings is 1. The number of esters is 1. The minimum absolute atomic E-state index is 0.280. The van der Waals surface area contributed by atoms with Gasteiger partial charge in [0, 0.05) is 17.6 Å². The molecule has 0 saturated heterocycles. The fraction of sp³-hybridized carbons (Fsp3) is 0.389. The number of nitrogens with one attached hydrogen (secondary N) is 2. The Hall–Kier alpha value is -2.34. The summed E-state index contributed by atoms with van der Waals surface area (Å²) in [5, 5.41) is 5.73. The van der Waals surface area contributed by atoms with Crippen LogP contribution in [-0.4, -0.2) is 37.0 Å². The zero-order valence-corrected chi connectivity index (χ0v) is 15.4. The molecule has 1 aromatic rings. The van der Waals surface area contributed by atoms with Crippen molar-refractivity contribution in [2.75, 3.05) is 13.2 Å². The molecular formula is C18H23ClN2O4. The predicted octanol–water partition coefficient (Wildman–Crippen LogP) is 2.24. The van der Waals surface area contributed by atoms with Crippen LogP contribution in [0, 0.1) is 6.92 Å². The van der Waals surface area contributed by atoms with Gasteiger partial charge in [0.05, 0.1) is 0 Å². The van der Waals surface area contributed by atoms with Crippen LogP contribution in [0.5, 0.6) is 0 Å². The summed E-state index contributed by atoms with van der Waals surface area (Å²) in [5.41, 5.74) is 1.69. The molecule has 1 atom stereocenters. The van der Waals surface area contributed by atoms with Crippen molar-refractivity contribution in [3.05, 3.63) is 40.4 Å². The normalized spacial score (nSPS) is 11.8. The summed E-state index contributed by atoms with van der Waals surface area (Å²) in [6.45, 7) is 5.46. The molecule has 0 radical (unpaired) electrons. The van der Waals surface area contributed by atoms with Gasteiger partial charge in [-0.1, -0.05) is 30.7 Å². The Morgan fingerprint density at radius 1 is 1.32 bits per heavy atom. The van der Waals surface area contributed by atoms with E-state index in [1.165, 1.54) is 6.08 Å². The van der Waals surface area contributed by atoms with Crippen LogP contribution in [0.1, 0.15) is 31.4 Å². The van der Waals surface area contributed by atoms with Gasteiger partial charge >= 0.3 is 5.97 Å². The minimum atomic E-state index is -0.692. The van der Waals surface area contributed by atoms with Crippen LogP contribution < -0.4 is 10.6 Å². The number of aryl methyl sites for hydroxylation is 1. The van der Waals surface area contributed by atoms with Crippen LogP contribution in [0.2, 0.25) is 5.02 Å². The van der Waals surface area contributed by atoms with Gasteiger partial charge in [-0.3, -0.25) is 9.59 Å². The number of carbonyl (C=O) groups is 3. The second-order valence-electron chi connectivity index (χ2n) is 5.53. The van der Waals surface area contributed by atoms with Crippen LogP contribution >= 0.6 is 11.6 Å². The number of carbonyl (C=O) groups excluding carboxylic acids is 3. The van der Waals surface area contributed by atoms with E-state index in [0.29, 0.717) is 11.6 Å². The Labute approximate surface area is 152 Å². The summed E-state index contributed by atoms with van der Waals surface area (Å²) in [6.07, 6.45) is 3.57. The number of halogens is 1. The summed E-state index contributed by atoms with van der Waals surface area (Å²) in [6, 6.07) is 4.69. The third kappa shape index (κ3) is 7.85. The smallest absolute Gasteiger partial charge is 0.331 e. The van der Waals surface area contributed by atoms with E-state index in [0.717, 1.165) is 17.5 Å². The van der Waals surface area contributed by atoms with Crippen LogP contribution in [0.15, 0.2) is 24.3 Å². The monoisotopic (exact) mass is 366 g/mol. The lowest BCUT2D eigenvalue weighted by molar-refractivity contribution is -0.144. The molecule has 136 valence electrons. The highest BCUT2D eigenvalue weighted by molar-refractivity contribution is 6.31. The zero-order valence-electron chi connectivity index (χ0n) is 14.6. The molecule has 7 heteroatoms. The van der Waals surface area contributed by atoms with Crippen LogP contribution in [0.3, 0.4) is 0 Å². The molecule has 2 amide bonds. The highest BCUT2D eigenvalue weighted by Gasteiger charge is 2.15. The first kappa shape index (κ1) is 20.7. The van der Waals surface area contributed by atoms with E-state index in [2.05, 4.69) is 10.6 Å². The van der Waals surface area contributed by atoms with Crippen LogP contribution in [-0.2, 0) is 19.1 Å². The average Bonchev–Trinajstić information content (AvgIpc) is 2.58. The van der Waals surface area contributed by atoms with Gasteiger partial charge in [-0.25, -0.2) is 4.79 Å². The van der Waals surface area contributed by atoms with Gasteiger partial charge in [0.2, 0.25) is 5.91 Å². The molecular weight excluding hydrogens is 344 g/mol. The molecule has 6 nitrogen and oxygen atoms in total. The van der Waals surface area contributed by atoms with Crippen molar-refractivity contribution >= 4 is 35.5 Å². The topological polar surface area (TPSA) is 84.5 Å². The summed E-state index contributed by atoms with van der Waals surface area (Å²) in [4.78, 5) is 34.9. The van der Waals surface area contributed by atoms with Crippen LogP contribution in [0.4, 0.5) is 0 Å². The SMILES string of the molecule is CCCNC(=O)[C@@H](C)NC(=O)COC(=O)/C=C/c1ccc(C)c(Cl)c1. The Morgan fingerprint density at radius 3 is 2.68 bits per heavy atom. The van der Waals surface area contributed by atoms with Gasteiger partial charge in [-0.05, 0) is 43.5 Å². The molecule has 0 saturated carbocycles. The third-order valence-corrected chi connectivity index (χ3v) is 3.68. The first-order chi connectivity index (χ1) is 11.8. The number of hydrogen-bond donors (Lipinski definition) is 2. The van der Waals surface area contributed by atoms with Crippen molar-refractivity contribution in [1.82, 2.24) is 10.6 Å². The molecule has 0 heterocycles. The molecule has 0 unspecified atom stereocenters. The minimum Gasteiger partial charge on any atom is -0.452 e.